The molecule has 0 aromatic rings. The van der Waals surface area contributed by atoms with Crippen LogP contribution in [0.5, 0.6) is 0 Å². The van der Waals surface area contributed by atoms with Crippen molar-refractivity contribution in [1.29, 1.82) is 0 Å². The lowest BCUT2D eigenvalue weighted by Gasteiger charge is -2.15. The molecule has 1 unspecified atom stereocenters. The average Bonchev–Trinajstić information content (AvgIpc) is 2.94. The van der Waals surface area contributed by atoms with Crippen LogP contribution in [0, 0.1) is 5.92 Å². The van der Waals surface area contributed by atoms with Gasteiger partial charge in [-0.1, -0.05) is 12.8 Å². The standard InChI is InChI=1S/C11H23NO/c1-3-13-9-8-11(12-2)7-6-10-4-5-10/h10-12H,3-9H2,1-2H3. The van der Waals surface area contributed by atoms with Crippen molar-refractivity contribution in [3.63, 3.8) is 0 Å². The Morgan fingerprint density at radius 1 is 1.38 bits per heavy atom. The van der Waals surface area contributed by atoms with Crippen LogP contribution in [0.15, 0.2) is 0 Å². The quantitative estimate of drug-likeness (QED) is 0.585. The molecule has 0 aromatic heterocycles. The van der Waals surface area contributed by atoms with E-state index in [0.29, 0.717) is 6.04 Å². The molecule has 0 radical (unpaired) electrons. The molecular weight excluding hydrogens is 162 g/mol. The Labute approximate surface area is 82.0 Å². The molecule has 0 aliphatic heterocycles. The van der Waals surface area contributed by atoms with Gasteiger partial charge in [-0.15, -0.1) is 0 Å². The Hall–Kier alpha value is -0.0800. The van der Waals surface area contributed by atoms with Crippen LogP contribution in [0.3, 0.4) is 0 Å². The van der Waals surface area contributed by atoms with Gasteiger partial charge in [0.1, 0.15) is 0 Å². The smallest absolute Gasteiger partial charge is 0.0480 e. The predicted molar refractivity (Wildman–Crippen MR) is 55.9 cm³/mol. The molecule has 13 heavy (non-hydrogen) atoms. The molecule has 0 bridgehead atoms. The highest BCUT2D eigenvalue weighted by molar-refractivity contribution is 4.76. The third kappa shape index (κ3) is 5.27. The van der Waals surface area contributed by atoms with Gasteiger partial charge in [0.15, 0.2) is 0 Å². The molecule has 0 heterocycles. The van der Waals surface area contributed by atoms with Gasteiger partial charge in [-0.3, -0.25) is 0 Å². The summed E-state index contributed by atoms with van der Waals surface area (Å²) in [5, 5.41) is 3.36. The van der Waals surface area contributed by atoms with Crippen LogP contribution in [0.25, 0.3) is 0 Å². The second-order valence-electron chi connectivity index (χ2n) is 3.99. The summed E-state index contributed by atoms with van der Waals surface area (Å²) >= 11 is 0. The number of nitrogens with one attached hydrogen (secondary N) is 1. The van der Waals surface area contributed by atoms with E-state index in [4.69, 9.17) is 4.74 Å². The lowest BCUT2D eigenvalue weighted by Crippen LogP contribution is -2.26. The zero-order valence-corrected chi connectivity index (χ0v) is 9.01. The molecule has 0 saturated heterocycles. The molecule has 1 atom stereocenters. The van der Waals surface area contributed by atoms with Crippen LogP contribution < -0.4 is 5.32 Å². The fourth-order valence-corrected chi connectivity index (χ4v) is 1.65. The molecule has 1 saturated carbocycles. The van der Waals surface area contributed by atoms with E-state index >= 15 is 0 Å². The zero-order valence-electron chi connectivity index (χ0n) is 9.01. The molecule has 2 nitrogen and oxygen atoms in total. The summed E-state index contributed by atoms with van der Waals surface area (Å²) < 4.78 is 5.35. The number of hydrogen-bond donors (Lipinski definition) is 1. The minimum atomic E-state index is 0.673. The zero-order chi connectivity index (χ0) is 9.52. The Balaban J connectivity index is 1.95. The number of hydrogen-bond acceptors (Lipinski definition) is 2. The van der Waals surface area contributed by atoms with E-state index in [1.807, 2.05) is 0 Å². The van der Waals surface area contributed by atoms with Gasteiger partial charge in [0.2, 0.25) is 0 Å². The number of rotatable bonds is 8. The minimum Gasteiger partial charge on any atom is -0.382 e. The molecule has 0 amide bonds. The summed E-state index contributed by atoms with van der Waals surface area (Å²) in [7, 11) is 2.06. The molecule has 78 valence electrons. The van der Waals surface area contributed by atoms with Crippen molar-refractivity contribution >= 4 is 0 Å². The second kappa shape index (κ2) is 6.39. The SMILES string of the molecule is CCOCCC(CCC1CC1)NC. The van der Waals surface area contributed by atoms with Crippen LogP contribution in [0.4, 0.5) is 0 Å². The predicted octanol–water partition coefficient (Wildman–Crippen LogP) is 2.19. The Bertz CT molecular complexity index is 123. The van der Waals surface area contributed by atoms with Crippen LogP contribution in [-0.2, 0) is 4.74 Å². The summed E-state index contributed by atoms with van der Waals surface area (Å²) in [5.74, 6) is 1.06. The first-order valence-electron chi connectivity index (χ1n) is 5.61. The van der Waals surface area contributed by atoms with Gasteiger partial charge in [0.25, 0.3) is 0 Å². The molecule has 1 aliphatic carbocycles. The largest absolute Gasteiger partial charge is 0.382 e. The summed E-state index contributed by atoms with van der Waals surface area (Å²) in [5.41, 5.74) is 0. The van der Waals surface area contributed by atoms with Crippen LogP contribution in [-0.4, -0.2) is 26.3 Å². The minimum absolute atomic E-state index is 0.673. The fraction of sp³-hybridized carbons (Fsp3) is 1.00. The highest BCUT2D eigenvalue weighted by Crippen LogP contribution is 2.34. The molecular formula is C11H23NO. The maximum absolute atomic E-state index is 5.35. The van der Waals surface area contributed by atoms with Crippen molar-refractivity contribution < 1.29 is 4.74 Å². The van der Waals surface area contributed by atoms with Crippen molar-refractivity contribution in [2.24, 2.45) is 5.92 Å². The Morgan fingerprint density at radius 3 is 2.69 bits per heavy atom. The molecule has 2 heteroatoms. The first kappa shape index (κ1) is 11.0. The first-order chi connectivity index (χ1) is 6.36. The monoisotopic (exact) mass is 185 g/mol. The highest BCUT2D eigenvalue weighted by atomic mass is 16.5. The van der Waals surface area contributed by atoms with E-state index in [-0.39, 0.29) is 0 Å². The molecule has 0 spiro atoms. The lowest BCUT2D eigenvalue weighted by molar-refractivity contribution is 0.135. The van der Waals surface area contributed by atoms with E-state index in [0.717, 1.165) is 25.6 Å². The Morgan fingerprint density at radius 2 is 2.15 bits per heavy atom. The topological polar surface area (TPSA) is 21.3 Å². The lowest BCUT2D eigenvalue weighted by atomic mass is 10.1. The van der Waals surface area contributed by atoms with Crippen LogP contribution in [0.2, 0.25) is 0 Å². The highest BCUT2D eigenvalue weighted by Gasteiger charge is 2.21. The summed E-state index contributed by atoms with van der Waals surface area (Å²) in [6.07, 6.45) is 6.85. The molecule has 0 aromatic carbocycles. The average molecular weight is 185 g/mol. The third-order valence-electron chi connectivity index (χ3n) is 2.84. The van der Waals surface area contributed by atoms with Crippen molar-refractivity contribution in [2.75, 3.05) is 20.3 Å². The Kier molecular flexibility index (Phi) is 5.40. The maximum atomic E-state index is 5.35. The number of ether oxygens (including phenoxy) is 1. The second-order valence-corrected chi connectivity index (χ2v) is 3.99. The summed E-state index contributed by atoms with van der Waals surface area (Å²) in [6, 6.07) is 0.673. The van der Waals surface area contributed by atoms with Crippen LogP contribution >= 0.6 is 0 Å². The van der Waals surface area contributed by atoms with E-state index in [9.17, 15) is 0 Å². The van der Waals surface area contributed by atoms with Gasteiger partial charge in [-0.25, -0.2) is 0 Å². The van der Waals surface area contributed by atoms with Gasteiger partial charge in [-0.2, -0.15) is 0 Å². The summed E-state index contributed by atoms with van der Waals surface area (Å²) in [6.45, 7) is 3.81. The van der Waals surface area contributed by atoms with Crippen molar-refractivity contribution in [2.45, 2.75) is 45.1 Å². The van der Waals surface area contributed by atoms with Crippen molar-refractivity contribution in [3.05, 3.63) is 0 Å². The normalized spacial score (nSPS) is 18.9. The van der Waals surface area contributed by atoms with E-state index in [1.165, 1.54) is 25.7 Å². The molecule has 1 rings (SSSR count). The van der Waals surface area contributed by atoms with E-state index in [2.05, 4.69) is 19.3 Å². The van der Waals surface area contributed by atoms with Gasteiger partial charge in [-0.05, 0) is 39.2 Å². The van der Waals surface area contributed by atoms with Crippen molar-refractivity contribution in [3.8, 4) is 0 Å². The van der Waals surface area contributed by atoms with Gasteiger partial charge in [0, 0.05) is 19.3 Å². The van der Waals surface area contributed by atoms with E-state index < -0.39 is 0 Å². The van der Waals surface area contributed by atoms with Gasteiger partial charge >= 0.3 is 0 Å². The summed E-state index contributed by atoms with van der Waals surface area (Å²) in [4.78, 5) is 0. The maximum Gasteiger partial charge on any atom is 0.0480 e. The first-order valence-corrected chi connectivity index (χ1v) is 5.61. The molecule has 1 N–H and O–H groups in total. The van der Waals surface area contributed by atoms with Gasteiger partial charge in [0.05, 0.1) is 0 Å². The third-order valence-corrected chi connectivity index (χ3v) is 2.84. The molecule has 1 aliphatic rings. The molecule has 1 fully saturated rings. The van der Waals surface area contributed by atoms with Crippen LogP contribution in [0.1, 0.15) is 39.0 Å². The van der Waals surface area contributed by atoms with Gasteiger partial charge < -0.3 is 10.1 Å². The van der Waals surface area contributed by atoms with Crippen molar-refractivity contribution in [1.82, 2.24) is 5.32 Å². The fourth-order valence-electron chi connectivity index (χ4n) is 1.65. The van der Waals surface area contributed by atoms with E-state index in [1.54, 1.807) is 0 Å².